The van der Waals surface area contributed by atoms with Crippen LogP contribution in [-0.2, 0) is 6.54 Å². The van der Waals surface area contributed by atoms with E-state index in [9.17, 15) is 0 Å². The molecule has 1 unspecified atom stereocenters. The fraction of sp³-hybridized carbons (Fsp3) is 0.320. The second kappa shape index (κ2) is 9.45. The van der Waals surface area contributed by atoms with Gasteiger partial charge in [-0.3, -0.25) is 4.98 Å². The summed E-state index contributed by atoms with van der Waals surface area (Å²) in [6, 6.07) is 29.0. The Kier molecular flexibility index (Phi) is 6.52. The third kappa shape index (κ3) is 4.51. The van der Waals surface area contributed by atoms with Crippen LogP contribution in [0.2, 0.25) is 0 Å². The third-order valence-corrected chi connectivity index (χ3v) is 8.92. The Morgan fingerprint density at radius 1 is 0.893 bits per heavy atom. The number of hydrogen-bond acceptors (Lipinski definition) is 2. The van der Waals surface area contributed by atoms with Crippen molar-refractivity contribution in [2.24, 2.45) is 5.92 Å². The van der Waals surface area contributed by atoms with Crippen molar-refractivity contribution in [1.29, 1.82) is 0 Å². The lowest BCUT2D eigenvalue weighted by Crippen LogP contribution is -2.38. The van der Waals surface area contributed by atoms with Crippen molar-refractivity contribution in [3.63, 3.8) is 0 Å². The zero-order chi connectivity index (χ0) is 19.2. The molecule has 0 radical (unpaired) electrons. The minimum atomic E-state index is -0.344. The van der Waals surface area contributed by atoms with E-state index in [4.69, 9.17) is 0 Å². The monoisotopic (exact) mass is 388 g/mol. The number of pyridine rings is 1. The van der Waals surface area contributed by atoms with E-state index in [2.05, 4.69) is 90.0 Å². The van der Waals surface area contributed by atoms with Crippen LogP contribution in [0.5, 0.6) is 0 Å². The first kappa shape index (κ1) is 19.3. The van der Waals surface area contributed by atoms with E-state index in [1.807, 2.05) is 12.3 Å². The lowest BCUT2D eigenvalue weighted by Gasteiger charge is -2.33. The van der Waals surface area contributed by atoms with Gasteiger partial charge in [-0.15, -0.1) is 0 Å². The van der Waals surface area contributed by atoms with Crippen LogP contribution < -0.4 is 15.9 Å². The van der Waals surface area contributed by atoms with Crippen molar-refractivity contribution in [2.45, 2.75) is 44.4 Å². The maximum Gasteiger partial charge on any atom is 0.0541 e. The maximum atomic E-state index is 4.47. The van der Waals surface area contributed by atoms with Gasteiger partial charge in [0, 0.05) is 18.8 Å². The molecule has 0 spiro atoms. The van der Waals surface area contributed by atoms with Gasteiger partial charge in [0.25, 0.3) is 0 Å². The Balaban J connectivity index is 1.55. The molecule has 1 N–H and O–H groups in total. The van der Waals surface area contributed by atoms with Gasteiger partial charge in [-0.1, -0.05) is 73.2 Å². The highest BCUT2D eigenvalue weighted by molar-refractivity contribution is 7.73. The molecule has 3 heteroatoms. The van der Waals surface area contributed by atoms with Gasteiger partial charge in [-0.05, 0) is 62.0 Å². The highest BCUT2D eigenvalue weighted by Gasteiger charge is 2.37. The number of benzene rings is 2. The number of hydrogen-bond donors (Lipinski definition) is 1. The van der Waals surface area contributed by atoms with Crippen LogP contribution in [0.15, 0.2) is 85.1 Å². The fourth-order valence-electron chi connectivity index (χ4n) is 4.50. The summed E-state index contributed by atoms with van der Waals surface area (Å²) in [7, 11) is -0.344. The van der Waals surface area contributed by atoms with Crippen molar-refractivity contribution >= 4 is 18.5 Å². The van der Waals surface area contributed by atoms with Gasteiger partial charge in [0.2, 0.25) is 0 Å². The first-order valence-electron chi connectivity index (χ1n) is 10.4. The summed E-state index contributed by atoms with van der Waals surface area (Å²) >= 11 is 0. The van der Waals surface area contributed by atoms with E-state index in [0.29, 0.717) is 12.0 Å². The molecule has 1 fully saturated rings. The average Bonchev–Trinajstić information content (AvgIpc) is 3.24. The minimum Gasteiger partial charge on any atom is -0.308 e. The van der Waals surface area contributed by atoms with Crippen LogP contribution in [0.3, 0.4) is 0 Å². The first-order chi connectivity index (χ1) is 13.8. The quantitative estimate of drug-likeness (QED) is 0.585. The smallest absolute Gasteiger partial charge is 0.0541 e. The Morgan fingerprint density at radius 2 is 1.54 bits per heavy atom. The van der Waals surface area contributed by atoms with Crippen molar-refractivity contribution in [1.82, 2.24) is 10.3 Å². The number of nitrogens with zero attached hydrogens (tertiary/aromatic N) is 1. The van der Waals surface area contributed by atoms with Crippen LogP contribution >= 0.6 is 7.92 Å². The van der Waals surface area contributed by atoms with E-state index in [1.165, 1.54) is 29.9 Å². The van der Waals surface area contributed by atoms with E-state index < -0.39 is 0 Å². The molecule has 3 aromatic rings. The largest absolute Gasteiger partial charge is 0.308 e. The predicted molar refractivity (Wildman–Crippen MR) is 121 cm³/mol. The second-order valence-electron chi connectivity index (χ2n) is 7.69. The Hall–Kier alpha value is -2.02. The van der Waals surface area contributed by atoms with Crippen LogP contribution in [0, 0.1) is 5.92 Å². The molecule has 1 aromatic heterocycles. The summed E-state index contributed by atoms with van der Waals surface area (Å²) in [6.07, 6.45) is 5.86. The van der Waals surface area contributed by atoms with E-state index >= 15 is 0 Å². The van der Waals surface area contributed by atoms with Crippen LogP contribution in [0.4, 0.5) is 0 Å². The van der Waals surface area contributed by atoms with Gasteiger partial charge in [0.1, 0.15) is 0 Å². The molecule has 2 aromatic carbocycles. The van der Waals surface area contributed by atoms with Crippen LogP contribution in [-0.4, -0.2) is 16.7 Å². The molecular formula is C25H29N2P. The van der Waals surface area contributed by atoms with Gasteiger partial charge in [-0.2, -0.15) is 0 Å². The Morgan fingerprint density at radius 3 is 2.14 bits per heavy atom. The maximum absolute atomic E-state index is 4.47. The molecule has 2 nitrogen and oxygen atoms in total. The molecule has 0 saturated heterocycles. The van der Waals surface area contributed by atoms with Gasteiger partial charge < -0.3 is 5.32 Å². The summed E-state index contributed by atoms with van der Waals surface area (Å²) in [5.74, 6) is 0.704. The predicted octanol–water partition coefficient (Wildman–Crippen LogP) is 4.86. The number of aromatic nitrogens is 1. The Bertz CT molecular complexity index is 799. The zero-order valence-corrected chi connectivity index (χ0v) is 17.4. The van der Waals surface area contributed by atoms with Crippen LogP contribution in [0.1, 0.15) is 31.9 Å². The zero-order valence-electron chi connectivity index (χ0n) is 16.5. The highest BCUT2D eigenvalue weighted by Crippen LogP contribution is 2.50. The lowest BCUT2D eigenvalue weighted by atomic mass is 9.99. The molecule has 4 rings (SSSR count). The Labute approximate surface area is 170 Å². The van der Waals surface area contributed by atoms with Crippen molar-refractivity contribution < 1.29 is 0 Å². The highest BCUT2D eigenvalue weighted by atomic mass is 31.1. The lowest BCUT2D eigenvalue weighted by molar-refractivity contribution is 0.384. The molecule has 1 saturated carbocycles. The molecule has 1 aliphatic carbocycles. The van der Waals surface area contributed by atoms with Crippen molar-refractivity contribution in [2.75, 3.05) is 0 Å². The normalized spacial score (nSPS) is 20.4. The van der Waals surface area contributed by atoms with Gasteiger partial charge in [-0.25, -0.2) is 0 Å². The standard InChI is InChI=1S/C25H29N2P/c1-20(27-19-21-11-8-9-18-26-21)24-16-10-17-25(24)28(22-12-4-2-5-13-22)23-14-6-3-7-15-23/h2-9,11-15,18,20,24-25,27H,10,16-17,19H2,1H3/t20-,24+,25?/m0/s1. The van der Waals surface area contributed by atoms with Gasteiger partial charge in [0.15, 0.2) is 0 Å². The van der Waals surface area contributed by atoms with Crippen molar-refractivity contribution in [3.05, 3.63) is 90.8 Å². The number of nitrogens with one attached hydrogen (secondary N) is 1. The summed E-state index contributed by atoms with van der Waals surface area (Å²) in [4.78, 5) is 4.47. The minimum absolute atomic E-state index is 0.344. The van der Waals surface area contributed by atoms with Crippen molar-refractivity contribution in [3.8, 4) is 0 Å². The molecule has 28 heavy (non-hydrogen) atoms. The van der Waals surface area contributed by atoms with E-state index in [-0.39, 0.29) is 7.92 Å². The fourth-order valence-corrected chi connectivity index (χ4v) is 7.78. The molecule has 0 amide bonds. The summed E-state index contributed by atoms with van der Waals surface area (Å²) in [5, 5.41) is 6.80. The summed E-state index contributed by atoms with van der Waals surface area (Å²) < 4.78 is 0. The molecule has 1 aliphatic rings. The van der Waals surface area contributed by atoms with E-state index in [1.54, 1.807) is 0 Å². The average molecular weight is 388 g/mol. The summed E-state index contributed by atoms with van der Waals surface area (Å²) in [5.41, 5.74) is 1.85. The second-order valence-corrected chi connectivity index (χ2v) is 10.1. The topological polar surface area (TPSA) is 24.9 Å². The summed E-state index contributed by atoms with van der Waals surface area (Å²) in [6.45, 7) is 3.22. The van der Waals surface area contributed by atoms with E-state index in [0.717, 1.165) is 17.9 Å². The van der Waals surface area contributed by atoms with Gasteiger partial charge in [0.05, 0.1) is 5.69 Å². The SMILES string of the molecule is C[C@H](NCc1ccccn1)[C@H]1CCCC1P(c1ccccc1)c1ccccc1. The molecule has 0 aliphatic heterocycles. The molecule has 3 atom stereocenters. The molecule has 0 bridgehead atoms. The number of rotatable bonds is 7. The van der Waals surface area contributed by atoms with Gasteiger partial charge >= 0.3 is 0 Å². The first-order valence-corrected chi connectivity index (χ1v) is 11.8. The molecular weight excluding hydrogens is 359 g/mol. The third-order valence-electron chi connectivity index (χ3n) is 5.91. The molecule has 1 heterocycles. The molecule has 144 valence electrons. The van der Waals surface area contributed by atoms with Crippen LogP contribution in [0.25, 0.3) is 0 Å².